The quantitative estimate of drug-likeness (QED) is 0.615. The zero-order valence-corrected chi connectivity index (χ0v) is 7.77. The van der Waals surface area contributed by atoms with Crippen LogP contribution in [0.25, 0.3) is 0 Å². The first-order valence-electron chi connectivity index (χ1n) is 3.43. The molecule has 0 aromatic heterocycles. The van der Waals surface area contributed by atoms with E-state index in [1.165, 1.54) is 0 Å². The molecule has 10 heavy (non-hydrogen) atoms. The summed E-state index contributed by atoms with van der Waals surface area (Å²) in [6.07, 6.45) is 0. The SMILES string of the molecule is CC(C)S(=C(O)O)C(C)C. The summed E-state index contributed by atoms with van der Waals surface area (Å²) in [5, 5.41) is 17.9. The van der Waals surface area contributed by atoms with Crippen molar-refractivity contribution in [3.63, 3.8) is 0 Å². The summed E-state index contributed by atoms with van der Waals surface area (Å²) in [4.78, 5) is 0. The highest BCUT2D eigenvalue weighted by Crippen LogP contribution is 2.26. The van der Waals surface area contributed by atoms with Crippen LogP contribution in [0.1, 0.15) is 27.7 Å². The molecule has 0 fully saturated rings. The Bertz CT molecular complexity index is 125. The molecule has 0 spiro atoms. The van der Waals surface area contributed by atoms with Gasteiger partial charge in [-0.1, -0.05) is 27.7 Å². The molecular weight excluding hydrogens is 148 g/mol. The summed E-state index contributed by atoms with van der Waals surface area (Å²) in [5.74, 6) is 0. The fourth-order valence-corrected chi connectivity index (χ4v) is 2.90. The average Bonchev–Trinajstić information content (AvgIpc) is 1.59. The van der Waals surface area contributed by atoms with Crippen LogP contribution < -0.4 is 0 Å². The number of aliphatic hydroxyl groups is 2. The molecule has 0 rings (SSSR count). The van der Waals surface area contributed by atoms with E-state index in [-0.39, 0.29) is 10.5 Å². The maximum atomic E-state index is 8.84. The molecular formula is C7H16O2S. The Morgan fingerprint density at radius 1 is 1.00 bits per heavy atom. The van der Waals surface area contributed by atoms with Crippen LogP contribution in [0, 0.1) is 0 Å². The monoisotopic (exact) mass is 164 g/mol. The molecule has 0 atom stereocenters. The Kier molecular flexibility index (Phi) is 4.17. The van der Waals surface area contributed by atoms with Crippen LogP contribution in [0.15, 0.2) is 0 Å². The van der Waals surface area contributed by atoms with Gasteiger partial charge in [0.15, 0.2) is 0 Å². The molecule has 62 valence electrons. The van der Waals surface area contributed by atoms with E-state index in [0.29, 0.717) is 10.5 Å². The van der Waals surface area contributed by atoms with Crippen LogP contribution in [0.5, 0.6) is 0 Å². The van der Waals surface area contributed by atoms with Gasteiger partial charge in [-0.3, -0.25) is 0 Å². The second kappa shape index (κ2) is 4.11. The zero-order valence-electron chi connectivity index (χ0n) is 6.96. The van der Waals surface area contributed by atoms with Crippen LogP contribution in [0.2, 0.25) is 0 Å². The second-order valence-corrected chi connectivity index (χ2v) is 5.75. The van der Waals surface area contributed by atoms with Gasteiger partial charge in [0.2, 0.25) is 5.24 Å². The molecule has 0 unspecified atom stereocenters. The molecule has 2 nitrogen and oxygen atoms in total. The lowest BCUT2D eigenvalue weighted by atomic mass is 10.5. The molecule has 0 aliphatic carbocycles. The summed E-state index contributed by atoms with van der Waals surface area (Å²) in [6, 6.07) is 0. The maximum absolute atomic E-state index is 8.84. The molecule has 0 aromatic carbocycles. The van der Waals surface area contributed by atoms with Crippen LogP contribution in [0.4, 0.5) is 0 Å². The number of hydrogen-bond donors (Lipinski definition) is 2. The van der Waals surface area contributed by atoms with Gasteiger partial charge in [-0.2, -0.15) is 0 Å². The predicted octanol–water partition coefficient (Wildman–Crippen LogP) is 2.28. The lowest BCUT2D eigenvalue weighted by Gasteiger charge is -2.16. The van der Waals surface area contributed by atoms with Crippen molar-refractivity contribution in [3.8, 4) is 0 Å². The van der Waals surface area contributed by atoms with E-state index < -0.39 is 5.24 Å². The maximum Gasteiger partial charge on any atom is 0.205 e. The van der Waals surface area contributed by atoms with Crippen molar-refractivity contribution in [2.75, 3.05) is 0 Å². The smallest absolute Gasteiger partial charge is 0.205 e. The summed E-state index contributed by atoms with van der Waals surface area (Å²) in [5.41, 5.74) is 0. The van der Waals surface area contributed by atoms with E-state index in [9.17, 15) is 0 Å². The van der Waals surface area contributed by atoms with Gasteiger partial charge in [-0.15, -0.1) is 10.5 Å². The van der Waals surface area contributed by atoms with Gasteiger partial charge in [0.05, 0.1) is 0 Å². The first-order chi connectivity index (χ1) is 4.46. The first-order valence-corrected chi connectivity index (χ1v) is 4.78. The number of rotatable bonds is 2. The Labute approximate surface area is 64.8 Å². The Hall–Kier alpha value is 0.140. The van der Waals surface area contributed by atoms with Crippen LogP contribution in [0.3, 0.4) is 0 Å². The lowest BCUT2D eigenvalue weighted by molar-refractivity contribution is 0.384. The number of hydrogen-bond acceptors (Lipinski definition) is 0. The lowest BCUT2D eigenvalue weighted by Crippen LogP contribution is -2.09. The van der Waals surface area contributed by atoms with Crippen molar-refractivity contribution >= 4 is 15.7 Å². The Balaban J connectivity index is 4.44. The van der Waals surface area contributed by atoms with Crippen molar-refractivity contribution in [1.29, 1.82) is 0 Å². The van der Waals surface area contributed by atoms with Crippen molar-refractivity contribution in [1.82, 2.24) is 0 Å². The molecule has 2 N–H and O–H groups in total. The standard InChI is InChI=1S/C7H16O2S/c1-5(2)10(6(3)4)7(8)9/h5-6,8-9H,1-4H3. The van der Waals surface area contributed by atoms with Crippen LogP contribution in [-0.2, 0) is 0 Å². The molecule has 3 heteroatoms. The van der Waals surface area contributed by atoms with E-state index in [0.717, 1.165) is 0 Å². The van der Waals surface area contributed by atoms with E-state index in [2.05, 4.69) is 0 Å². The summed E-state index contributed by atoms with van der Waals surface area (Å²) in [6.45, 7) is 7.98. The molecule has 0 saturated heterocycles. The molecule has 0 aliphatic rings. The largest absolute Gasteiger partial charge is 0.337 e. The minimum atomic E-state index is -0.398. The zero-order chi connectivity index (χ0) is 8.31. The van der Waals surface area contributed by atoms with E-state index in [1.54, 1.807) is 0 Å². The highest BCUT2D eigenvalue weighted by molar-refractivity contribution is 8.16. The fraction of sp³-hybridized carbons (Fsp3) is 0.857. The molecule has 0 radical (unpaired) electrons. The second-order valence-electron chi connectivity index (χ2n) is 2.75. The molecule has 0 aliphatic heterocycles. The Morgan fingerprint density at radius 2 is 1.30 bits per heavy atom. The van der Waals surface area contributed by atoms with Crippen molar-refractivity contribution in [2.45, 2.75) is 38.2 Å². The van der Waals surface area contributed by atoms with E-state index in [4.69, 9.17) is 10.2 Å². The van der Waals surface area contributed by atoms with Crippen molar-refractivity contribution in [3.05, 3.63) is 0 Å². The van der Waals surface area contributed by atoms with Gasteiger partial charge in [-0.05, 0) is 10.5 Å². The Morgan fingerprint density at radius 3 is 1.30 bits per heavy atom. The fourth-order valence-electron chi connectivity index (χ4n) is 0.966. The topological polar surface area (TPSA) is 40.5 Å². The first kappa shape index (κ1) is 10.1. The van der Waals surface area contributed by atoms with Gasteiger partial charge < -0.3 is 10.2 Å². The summed E-state index contributed by atoms with van der Waals surface area (Å²) < 4.78 is 0. The van der Waals surface area contributed by atoms with Gasteiger partial charge in [0.1, 0.15) is 0 Å². The van der Waals surface area contributed by atoms with Gasteiger partial charge in [0.25, 0.3) is 0 Å². The van der Waals surface area contributed by atoms with Crippen LogP contribution >= 0.6 is 10.5 Å². The normalized spacial score (nSPS) is 11.7. The number of aliphatic hydroxyl groups excluding tert-OH is 1. The van der Waals surface area contributed by atoms with Gasteiger partial charge in [0, 0.05) is 0 Å². The third kappa shape index (κ3) is 2.82. The van der Waals surface area contributed by atoms with Gasteiger partial charge >= 0.3 is 0 Å². The van der Waals surface area contributed by atoms with E-state index >= 15 is 0 Å². The highest BCUT2D eigenvalue weighted by atomic mass is 32.2. The summed E-state index contributed by atoms with van der Waals surface area (Å²) in [7, 11) is -0.352. The molecule has 0 aromatic rings. The third-order valence-electron chi connectivity index (χ3n) is 1.23. The molecule has 0 heterocycles. The minimum Gasteiger partial charge on any atom is -0.337 e. The summed E-state index contributed by atoms with van der Waals surface area (Å²) >= 11 is 0. The van der Waals surface area contributed by atoms with E-state index in [1.807, 2.05) is 27.7 Å². The van der Waals surface area contributed by atoms with Gasteiger partial charge in [-0.25, -0.2) is 0 Å². The highest BCUT2D eigenvalue weighted by Gasteiger charge is 2.09. The van der Waals surface area contributed by atoms with Crippen molar-refractivity contribution < 1.29 is 10.2 Å². The van der Waals surface area contributed by atoms with Crippen LogP contribution in [-0.4, -0.2) is 25.9 Å². The van der Waals surface area contributed by atoms with Crippen molar-refractivity contribution in [2.24, 2.45) is 0 Å². The predicted molar refractivity (Wildman–Crippen MR) is 48.1 cm³/mol. The third-order valence-corrected chi connectivity index (χ3v) is 3.68. The average molecular weight is 164 g/mol. The molecule has 0 saturated carbocycles. The molecule has 0 bridgehead atoms. The minimum absolute atomic E-state index is 0.324. The molecule has 0 amide bonds.